The second-order valence-corrected chi connectivity index (χ2v) is 10.6. The topological polar surface area (TPSA) is 128 Å². The number of carbonyl (C=O) groups is 1. The zero-order chi connectivity index (χ0) is 31.1. The molecule has 228 valence electrons. The van der Waals surface area contributed by atoms with E-state index in [1.54, 1.807) is 21.1 Å². The molecule has 11 heteroatoms. The predicted molar refractivity (Wildman–Crippen MR) is 157 cm³/mol. The van der Waals surface area contributed by atoms with Crippen LogP contribution in [0.15, 0.2) is 89.9 Å². The van der Waals surface area contributed by atoms with Gasteiger partial charge in [-0.2, -0.15) is 4.98 Å². The van der Waals surface area contributed by atoms with Crippen molar-refractivity contribution >= 4 is 5.97 Å². The minimum atomic E-state index is -2.11. The second-order valence-electron chi connectivity index (χ2n) is 10.6. The van der Waals surface area contributed by atoms with E-state index >= 15 is 0 Å². The average Bonchev–Trinajstić information content (AvgIpc) is 3.45. The van der Waals surface area contributed by atoms with Crippen LogP contribution in [0, 0.1) is 6.92 Å². The van der Waals surface area contributed by atoms with Crippen molar-refractivity contribution in [2.75, 3.05) is 20.8 Å². The van der Waals surface area contributed by atoms with Crippen LogP contribution in [-0.2, 0) is 30.5 Å². The van der Waals surface area contributed by atoms with Crippen LogP contribution in [0.4, 0.5) is 0 Å². The number of methoxy groups -OCH3 is 2. The molecule has 0 saturated carbocycles. The highest BCUT2D eigenvalue weighted by Gasteiger charge is 2.64. The molecule has 0 aliphatic carbocycles. The Morgan fingerprint density at radius 3 is 2.07 bits per heavy atom. The quantitative estimate of drug-likeness (QED) is 0.226. The molecule has 4 atom stereocenters. The van der Waals surface area contributed by atoms with Crippen molar-refractivity contribution in [3.63, 3.8) is 0 Å². The van der Waals surface area contributed by atoms with Gasteiger partial charge in [-0.05, 0) is 47.9 Å². The Morgan fingerprint density at radius 2 is 1.52 bits per heavy atom. The van der Waals surface area contributed by atoms with Crippen molar-refractivity contribution in [2.24, 2.45) is 0 Å². The molecule has 2 aliphatic heterocycles. The fourth-order valence-electron chi connectivity index (χ4n) is 5.80. The first kappa shape index (κ1) is 29.4. The highest BCUT2D eigenvalue weighted by Crippen LogP contribution is 2.46. The molecule has 4 aromatic rings. The standard InChI is InChI=1S/C33H32N2O9/c1-20-18-35-31(34-30(20)37)43-29-28(42-21(2)36)27(44-33(29,35)38)19-41-32(22-8-6-5-7-9-22,23-10-14-25(39-3)15-11-23)24-12-16-26(40-4)17-13-24/h5-18,27-29,38H,19H2,1-4H3/t27-,28-,29+,33+/m1/s1. The van der Waals surface area contributed by atoms with Gasteiger partial charge in [-0.15, -0.1) is 0 Å². The number of aryl methyl sites for hydroxylation is 1. The summed E-state index contributed by atoms with van der Waals surface area (Å²) in [4.78, 5) is 28.3. The first-order valence-corrected chi connectivity index (χ1v) is 14.0. The van der Waals surface area contributed by atoms with Gasteiger partial charge in [0, 0.05) is 18.7 Å². The number of fused-ring (bicyclic) bond motifs is 3. The van der Waals surface area contributed by atoms with Crippen LogP contribution in [0.2, 0.25) is 0 Å². The Balaban J connectivity index is 1.44. The number of rotatable bonds is 9. The number of benzene rings is 3. The van der Waals surface area contributed by atoms with Crippen LogP contribution in [-0.4, -0.2) is 59.8 Å². The highest BCUT2D eigenvalue weighted by atomic mass is 16.7. The first-order valence-electron chi connectivity index (χ1n) is 14.0. The van der Waals surface area contributed by atoms with Gasteiger partial charge < -0.3 is 33.5 Å². The summed E-state index contributed by atoms with van der Waals surface area (Å²) in [7, 11) is 3.20. The van der Waals surface area contributed by atoms with Gasteiger partial charge in [0.25, 0.3) is 11.5 Å². The van der Waals surface area contributed by atoms with E-state index in [0.717, 1.165) is 16.7 Å². The Morgan fingerprint density at radius 1 is 0.955 bits per heavy atom. The van der Waals surface area contributed by atoms with Crippen molar-refractivity contribution in [1.82, 2.24) is 9.55 Å². The maximum absolute atomic E-state index is 12.3. The lowest BCUT2D eigenvalue weighted by molar-refractivity contribution is -0.268. The molecule has 1 aromatic heterocycles. The number of aromatic nitrogens is 2. The molecule has 3 heterocycles. The molecule has 1 fully saturated rings. The van der Waals surface area contributed by atoms with Crippen molar-refractivity contribution < 1.29 is 38.3 Å². The van der Waals surface area contributed by atoms with E-state index < -0.39 is 41.4 Å². The monoisotopic (exact) mass is 600 g/mol. The molecule has 44 heavy (non-hydrogen) atoms. The summed E-state index contributed by atoms with van der Waals surface area (Å²) >= 11 is 0. The summed E-state index contributed by atoms with van der Waals surface area (Å²) in [6, 6.07) is 24.6. The first-order chi connectivity index (χ1) is 21.2. The Hall–Kier alpha value is -4.71. The minimum Gasteiger partial charge on any atom is -0.497 e. The summed E-state index contributed by atoms with van der Waals surface area (Å²) in [5.41, 5.74) is 0.973. The normalized spacial score (nSPS) is 22.1. The summed E-state index contributed by atoms with van der Waals surface area (Å²) < 4.78 is 36.7. The fraction of sp³-hybridized carbons (Fsp3) is 0.303. The van der Waals surface area contributed by atoms with Crippen LogP contribution >= 0.6 is 0 Å². The minimum absolute atomic E-state index is 0.139. The SMILES string of the molecule is COc1ccc(C(OC[C@H]2O[C@@]3(O)[C@@H](Oc4nc(=O)c(C)cn43)[C@@H]2OC(C)=O)(c2ccccc2)c2ccc(OC)cc2)cc1. The van der Waals surface area contributed by atoms with Crippen LogP contribution in [0.25, 0.3) is 0 Å². The molecule has 0 amide bonds. The van der Waals surface area contributed by atoms with Gasteiger partial charge in [-0.1, -0.05) is 54.6 Å². The van der Waals surface area contributed by atoms with Gasteiger partial charge in [-0.25, -0.2) is 4.57 Å². The van der Waals surface area contributed by atoms with E-state index in [-0.39, 0.29) is 18.2 Å². The molecule has 11 nitrogen and oxygen atoms in total. The van der Waals surface area contributed by atoms with E-state index in [0.29, 0.717) is 11.5 Å². The molecule has 1 N–H and O–H groups in total. The van der Waals surface area contributed by atoms with E-state index in [1.165, 1.54) is 17.7 Å². The molecular weight excluding hydrogens is 568 g/mol. The smallest absolute Gasteiger partial charge is 0.304 e. The van der Waals surface area contributed by atoms with Crippen molar-refractivity contribution in [1.29, 1.82) is 0 Å². The number of carbonyl (C=O) groups excluding carboxylic acids is 1. The largest absolute Gasteiger partial charge is 0.497 e. The number of esters is 1. The van der Waals surface area contributed by atoms with Crippen LogP contribution in [0.5, 0.6) is 17.5 Å². The van der Waals surface area contributed by atoms with Crippen LogP contribution in [0.1, 0.15) is 29.2 Å². The summed E-state index contributed by atoms with van der Waals surface area (Å²) in [5.74, 6) is -1.37. The third-order valence-electron chi connectivity index (χ3n) is 7.94. The molecule has 6 rings (SSSR count). The second kappa shape index (κ2) is 11.4. The molecule has 3 aromatic carbocycles. The van der Waals surface area contributed by atoms with Gasteiger partial charge in [-0.3, -0.25) is 9.59 Å². The zero-order valence-electron chi connectivity index (χ0n) is 24.6. The Bertz CT molecular complexity index is 1660. The zero-order valence-corrected chi connectivity index (χ0v) is 24.6. The Labute approximate surface area is 253 Å². The third-order valence-corrected chi connectivity index (χ3v) is 7.94. The summed E-state index contributed by atoms with van der Waals surface area (Å²) in [6.45, 7) is 2.68. The van der Waals surface area contributed by atoms with Gasteiger partial charge in [0.2, 0.25) is 6.10 Å². The predicted octanol–water partition coefficient (Wildman–Crippen LogP) is 3.27. The van der Waals surface area contributed by atoms with Gasteiger partial charge in [0.15, 0.2) is 6.10 Å². The van der Waals surface area contributed by atoms with E-state index in [9.17, 15) is 14.7 Å². The highest BCUT2D eigenvalue weighted by molar-refractivity contribution is 5.66. The lowest BCUT2D eigenvalue weighted by atomic mass is 9.80. The van der Waals surface area contributed by atoms with Gasteiger partial charge in [0.05, 0.1) is 20.8 Å². The third kappa shape index (κ3) is 4.88. The van der Waals surface area contributed by atoms with Crippen LogP contribution in [0.3, 0.4) is 0 Å². The molecule has 2 aliphatic rings. The number of nitrogens with zero attached hydrogens (tertiary/aromatic N) is 2. The number of aliphatic hydroxyl groups is 1. The Kier molecular flexibility index (Phi) is 7.62. The molecular formula is C33H32N2O9. The lowest BCUT2D eigenvalue weighted by Gasteiger charge is -2.37. The van der Waals surface area contributed by atoms with E-state index in [2.05, 4.69) is 4.98 Å². The number of hydrogen-bond acceptors (Lipinski definition) is 10. The molecule has 0 bridgehead atoms. The molecule has 0 spiro atoms. The maximum atomic E-state index is 12.3. The maximum Gasteiger partial charge on any atom is 0.304 e. The average molecular weight is 601 g/mol. The van der Waals surface area contributed by atoms with Crippen molar-refractivity contribution in [2.45, 2.75) is 43.7 Å². The summed E-state index contributed by atoms with van der Waals surface area (Å²) in [6.07, 6.45) is -1.89. The van der Waals surface area contributed by atoms with Crippen molar-refractivity contribution in [3.05, 3.63) is 118 Å². The van der Waals surface area contributed by atoms with E-state index in [4.69, 9.17) is 28.4 Å². The number of hydrogen-bond donors (Lipinski definition) is 1. The van der Waals surface area contributed by atoms with Gasteiger partial charge >= 0.3 is 12.0 Å². The molecule has 0 radical (unpaired) electrons. The van der Waals surface area contributed by atoms with Crippen molar-refractivity contribution in [3.8, 4) is 17.5 Å². The number of ether oxygens (including phenoxy) is 6. The molecule has 1 saturated heterocycles. The molecule has 0 unspecified atom stereocenters. The summed E-state index contributed by atoms with van der Waals surface area (Å²) in [5, 5.41) is 11.7. The van der Waals surface area contributed by atoms with Crippen LogP contribution < -0.4 is 19.8 Å². The van der Waals surface area contributed by atoms with Gasteiger partial charge in [0.1, 0.15) is 23.2 Å². The fourth-order valence-corrected chi connectivity index (χ4v) is 5.80. The van der Waals surface area contributed by atoms with E-state index in [1.807, 2.05) is 78.9 Å². The lowest BCUT2D eigenvalue weighted by Crippen LogP contribution is -2.45.